The number of rotatable bonds is 5. The molecule has 0 spiro atoms. The molecule has 2 atom stereocenters. The van der Waals surface area contributed by atoms with Crippen molar-refractivity contribution in [3.05, 3.63) is 108 Å². The van der Waals surface area contributed by atoms with Gasteiger partial charge in [0.2, 0.25) is 0 Å². The first-order chi connectivity index (χ1) is 13.1. The smallest absolute Gasteiger partial charge is 0.101 e. The Morgan fingerprint density at radius 2 is 1.26 bits per heavy atom. The van der Waals surface area contributed by atoms with E-state index in [9.17, 15) is 0 Å². The van der Waals surface area contributed by atoms with E-state index in [1.165, 1.54) is 16.7 Å². The number of aliphatic imine (C=N–C) groups is 1. The second kappa shape index (κ2) is 7.40. The number of amidine groups is 1. The zero-order valence-corrected chi connectivity index (χ0v) is 16.0. The molecule has 0 bridgehead atoms. The van der Waals surface area contributed by atoms with E-state index in [0.29, 0.717) is 0 Å². The van der Waals surface area contributed by atoms with Crippen molar-refractivity contribution in [1.29, 1.82) is 0 Å². The first kappa shape index (κ1) is 17.5. The minimum atomic E-state index is 0.0277. The molecule has 0 saturated heterocycles. The highest BCUT2D eigenvalue weighted by atomic mass is 15.1. The second-order valence-corrected chi connectivity index (χ2v) is 7.89. The summed E-state index contributed by atoms with van der Waals surface area (Å²) in [7, 11) is 0. The topological polar surface area (TPSA) is 24.4 Å². The standard InChI is InChI=1S/C25H26N2/c1-25(2,21-16-10-5-11-17-21)18-22-26-23(19-12-6-3-7-13-19)24(27-22)20-14-8-4-9-15-20/h3-17,23-24H,18H2,1-2H3,(H,26,27). The average Bonchev–Trinajstić information content (AvgIpc) is 3.13. The van der Waals surface area contributed by atoms with Gasteiger partial charge in [-0.05, 0) is 22.1 Å². The minimum absolute atomic E-state index is 0.0277. The molecule has 3 aromatic carbocycles. The van der Waals surface area contributed by atoms with E-state index in [1.54, 1.807) is 0 Å². The van der Waals surface area contributed by atoms with E-state index in [-0.39, 0.29) is 17.5 Å². The third-order valence-electron chi connectivity index (χ3n) is 5.40. The molecule has 2 nitrogen and oxygen atoms in total. The van der Waals surface area contributed by atoms with Gasteiger partial charge in [0, 0.05) is 6.42 Å². The summed E-state index contributed by atoms with van der Waals surface area (Å²) in [5.41, 5.74) is 3.91. The lowest BCUT2D eigenvalue weighted by molar-refractivity contribution is 0.536. The first-order valence-electron chi connectivity index (χ1n) is 9.62. The summed E-state index contributed by atoms with van der Waals surface area (Å²) in [5.74, 6) is 1.09. The van der Waals surface area contributed by atoms with Crippen LogP contribution in [0.1, 0.15) is 49.0 Å². The molecule has 0 aromatic heterocycles. The molecular formula is C25H26N2. The summed E-state index contributed by atoms with van der Waals surface area (Å²) in [6, 6.07) is 32.2. The Hall–Kier alpha value is -2.87. The average molecular weight is 354 g/mol. The largest absolute Gasteiger partial charge is 0.364 e. The summed E-state index contributed by atoms with van der Waals surface area (Å²) in [5, 5.41) is 3.73. The number of hydrogen-bond acceptors (Lipinski definition) is 2. The van der Waals surface area contributed by atoms with Gasteiger partial charge in [0.1, 0.15) is 6.04 Å². The van der Waals surface area contributed by atoms with Crippen LogP contribution in [-0.2, 0) is 5.41 Å². The molecule has 1 heterocycles. The lowest BCUT2D eigenvalue weighted by atomic mass is 9.81. The molecule has 136 valence electrons. The fraction of sp³-hybridized carbons (Fsp3) is 0.240. The van der Waals surface area contributed by atoms with Gasteiger partial charge in [-0.15, -0.1) is 0 Å². The maximum Gasteiger partial charge on any atom is 0.101 e. The van der Waals surface area contributed by atoms with Gasteiger partial charge in [0.05, 0.1) is 11.9 Å². The van der Waals surface area contributed by atoms with E-state index < -0.39 is 0 Å². The normalized spacial score (nSPS) is 19.4. The molecule has 1 aliphatic heterocycles. The molecule has 0 aliphatic carbocycles. The molecular weight excluding hydrogens is 328 g/mol. The highest BCUT2D eigenvalue weighted by molar-refractivity contribution is 5.86. The van der Waals surface area contributed by atoms with Gasteiger partial charge < -0.3 is 5.32 Å². The van der Waals surface area contributed by atoms with Crippen molar-refractivity contribution in [3.8, 4) is 0 Å². The molecule has 4 rings (SSSR count). The van der Waals surface area contributed by atoms with Gasteiger partial charge in [-0.3, -0.25) is 4.99 Å². The Kier molecular flexibility index (Phi) is 4.81. The lowest BCUT2D eigenvalue weighted by Crippen LogP contribution is -2.30. The van der Waals surface area contributed by atoms with Gasteiger partial charge >= 0.3 is 0 Å². The molecule has 1 aliphatic rings. The highest BCUT2D eigenvalue weighted by Gasteiger charge is 2.33. The number of hydrogen-bond donors (Lipinski definition) is 1. The van der Waals surface area contributed by atoms with Crippen molar-refractivity contribution in [2.75, 3.05) is 0 Å². The molecule has 0 saturated carbocycles. The third-order valence-corrected chi connectivity index (χ3v) is 5.40. The summed E-state index contributed by atoms with van der Waals surface area (Å²) >= 11 is 0. The molecule has 2 unspecified atom stereocenters. The molecule has 0 amide bonds. The number of benzene rings is 3. The summed E-state index contributed by atoms with van der Waals surface area (Å²) in [4.78, 5) is 5.13. The Balaban J connectivity index is 1.64. The summed E-state index contributed by atoms with van der Waals surface area (Å²) in [6.45, 7) is 4.58. The Morgan fingerprint density at radius 3 is 1.85 bits per heavy atom. The zero-order chi connectivity index (χ0) is 18.7. The van der Waals surface area contributed by atoms with Gasteiger partial charge in [-0.25, -0.2) is 0 Å². The van der Waals surface area contributed by atoms with Crippen molar-refractivity contribution in [2.24, 2.45) is 4.99 Å². The van der Waals surface area contributed by atoms with Crippen molar-refractivity contribution in [2.45, 2.75) is 37.8 Å². The van der Waals surface area contributed by atoms with Crippen molar-refractivity contribution in [3.63, 3.8) is 0 Å². The summed E-state index contributed by atoms with van der Waals surface area (Å²) in [6.07, 6.45) is 0.893. The van der Waals surface area contributed by atoms with Crippen LogP contribution in [0.25, 0.3) is 0 Å². The predicted molar refractivity (Wildman–Crippen MR) is 113 cm³/mol. The second-order valence-electron chi connectivity index (χ2n) is 7.89. The Bertz CT molecular complexity index is 899. The number of nitrogens with one attached hydrogen (secondary N) is 1. The van der Waals surface area contributed by atoms with Crippen LogP contribution < -0.4 is 5.32 Å². The Morgan fingerprint density at radius 1 is 0.741 bits per heavy atom. The molecule has 3 aromatic rings. The lowest BCUT2D eigenvalue weighted by Gasteiger charge is -2.26. The van der Waals surface area contributed by atoms with Crippen LogP contribution in [0.5, 0.6) is 0 Å². The fourth-order valence-corrected chi connectivity index (χ4v) is 3.89. The van der Waals surface area contributed by atoms with Crippen LogP contribution in [0, 0.1) is 0 Å². The molecule has 1 N–H and O–H groups in total. The van der Waals surface area contributed by atoms with Crippen LogP contribution in [0.2, 0.25) is 0 Å². The van der Waals surface area contributed by atoms with Gasteiger partial charge in [0.15, 0.2) is 0 Å². The van der Waals surface area contributed by atoms with Gasteiger partial charge in [-0.2, -0.15) is 0 Å². The SMILES string of the molecule is CC(C)(CC1=NC(c2ccccc2)C(c2ccccc2)N1)c1ccccc1. The van der Waals surface area contributed by atoms with Crippen molar-refractivity contribution >= 4 is 5.84 Å². The minimum Gasteiger partial charge on any atom is -0.364 e. The van der Waals surface area contributed by atoms with E-state index in [2.05, 4.69) is 110 Å². The van der Waals surface area contributed by atoms with Crippen LogP contribution in [0.15, 0.2) is 96.0 Å². The van der Waals surface area contributed by atoms with Crippen LogP contribution in [-0.4, -0.2) is 5.84 Å². The quantitative estimate of drug-likeness (QED) is 0.612. The van der Waals surface area contributed by atoms with Crippen molar-refractivity contribution < 1.29 is 0 Å². The maximum absolute atomic E-state index is 5.13. The van der Waals surface area contributed by atoms with Crippen LogP contribution in [0.3, 0.4) is 0 Å². The molecule has 2 heteroatoms. The fourth-order valence-electron chi connectivity index (χ4n) is 3.89. The molecule has 27 heavy (non-hydrogen) atoms. The van der Waals surface area contributed by atoms with Crippen molar-refractivity contribution in [1.82, 2.24) is 5.32 Å². The number of nitrogens with zero attached hydrogens (tertiary/aromatic N) is 1. The van der Waals surface area contributed by atoms with E-state index in [4.69, 9.17) is 4.99 Å². The first-order valence-corrected chi connectivity index (χ1v) is 9.62. The Labute approximate surface area is 162 Å². The van der Waals surface area contributed by atoms with Gasteiger partial charge in [0.25, 0.3) is 0 Å². The third kappa shape index (κ3) is 3.80. The monoisotopic (exact) mass is 354 g/mol. The van der Waals surface area contributed by atoms with E-state index in [0.717, 1.165) is 12.3 Å². The highest BCUT2D eigenvalue weighted by Crippen LogP contribution is 2.38. The summed E-state index contributed by atoms with van der Waals surface area (Å²) < 4.78 is 0. The van der Waals surface area contributed by atoms with E-state index >= 15 is 0 Å². The maximum atomic E-state index is 5.13. The zero-order valence-electron chi connectivity index (χ0n) is 16.0. The predicted octanol–water partition coefficient (Wildman–Crippen LogP) is 5.84. The van der Waals surface area contributed by atoms with Gasteiger partial charge in [-0.1, -0.05) is 105 Å². The molecule has 0 radical (unpaired) electrons. The molecule has 0 fully saturated rings. The van der Waals surface area contributed by atoms with E-state index in [1.807, 2.05) is 0 Å². The van der Waals surface area contributed by atoms with Crippen LogP contribution >= 0.6 is 0 Å². The van der Waals surface area contributed by atoms with Crippen LogP contribution in [0.4, 0.5) is 0 Å².